The first-order valence-electron chi connectivity index (χ1n) is 6.61. The lowest BCUT2D eigenvalue weighted by atomic mass is 10.1. The van der Waals surface area contributed by atoms with E-state index in [2.05, 4.69) is 36.7 Å². The fourth-order valence-electron chi connectivity index (χ4n) is 2.92. The topological polar surface area (TPSA) is 42.2 Å². The highest BCUT2D eigenvalue weighted by Crippen LogP contribution is 2.31. The van der Waals surface area contributed by atoms with Gasteiger partial charge in [0, 0.05) is 41.8 Å². The van der Waals surface area contributed by atoms with Crippen molar-refractivity contribution < 1.29 is 0 Å². The van der Waals surface area contributed by atoms with E-state index in [0.717, 1.165) is 17.9 Å². The molecule has 0 radical (unpaired) electrons. The molecule has 0 aliphatic carbocycles. The summed E-state index contributed by atoms with van der Waals surface area (Å²) in [5.41, 5.74) is 10.6. The smallest absolute Gasteiger partial charge is 0.0450 e. The number of nitrogens with two attached hydrogens (primary N) is 1. The zero-order valence-electron chi connectivity index (χ0n) is 11.2. The maximum Gasteiger partial charge on any atom is 0.0450 e. The van der Waals surface area contributed by atoms with Gasteiger partial charge in [0.2, 0.25) is 0 Å². The molecule has 1 aromatic rings. The molecular weight excluding hydrogens is 210 g/mol. The maximum absolute atomic E-state index is 5.89. The molecule has 1 fully saturated rings. The van der Waals surface area contributed by atoms with Crippen LogP contribution in [0, 0.1) is 13.8 Å². The van der Waals surface area contributed by atoms with E-state index in [9.17, 15) is 0 Å². The average Bonchev–Trinajstić information content (AvgIpc) is 2.75. The summed E-state index contributed by atoms with van der Waals surface area (Å²) in [6.45, 7) is 8.14. The van der Waals surface area contributed by atoms with Crippen molar-refractivity contribution in [1.29, 1.82) is 0 Å². The van der Waals surface area contributed by atoms with Crippen molar-refractivity contribution in [2.75, 3.05) is 11.4 Å². The summed E-state index contributed by atoms with van der Waals surface area (Å²) in [6, 6.07) is 2.88. The second-order valence-electron chi connectivity index (χ2n) is 4.95. The fourth-order valence-corrected chi connectivity index (χ4v) is 2.92. The van der Waals surface area contributed by atoms with Crippen molar-refractivity contribution in [3.63, 3.8) is 0 Å². The Morgan fingerprint density at radius 3 is 2.88 bits per heavy atom. The minimum Gasteiger partial charge on any atom is -0.368 e. The van der Waals surface area contributed by atoms with E-state index in [0.29, 0.717) is 12.6 Å². The lowest BCUT2D eigenvalue weighted by Crippen LogP contribution is -2.30. The number of anilines is 1. The molecule has 1 atom stereocenters. The van der Waals surface area contributed by atoms with Crippen LogP contribution in [-0.4, -0.2) is 17.6 Å². The van der Waals surface area contributed by atoms with Gasteiger partial charge in [-0.25, -0.2) is 0 Å². The third-order valence-corrected chi connectivity index (χ3v) is 3.80. The third kappa shape index (κ3) is 2.29. The Balaban J connectivity index is 2.42. The maximum atomic E-state index is 5.89. The van der Waals surface area contributed by atoms with Gasteiger partial charge in [-0.2, -0.15) is 0 Å². The summed E-state index contributed by atoms with van der Waals surface area (Å²) in [4.78, 5) is 7.05. The zero-order valence-corrected chi connectivity index (χ0v) is 11.2. The Labute approximate surface area is 104 Å². The van der Waals surface area contributed by atoms with E-state index in [1.54, 1.807) is 0 Å². The van der Waals surface area contributed by atoms with Gasteiger partial charge >= 0.3 is 0 Å². The molecule has 3 heteroatoms. The second-order valence-corrected chi connectivity index (χ2v) is 4.95. The van der Waals surface area contributed by atoms with Gasteiger partial charge in [-0.3, -0.25) is 4.98 Å². The molecule has 1 aliphatic heterocycles. The van der Waals surface area contributed by atoms with Crippen molar-refractivity contribution in [1.82, 2.24) is 4.98 Å². The van der Waals surface area contributed by atoms with Crippen molar-refractivity contribution >= 4 is 5.69 Å². The highest BCUT2D eigenvalue weighted by molar-refractivity contribution is 5.57. The Kier molecular flexibility index (Phi) is 3.67. The predicted molar refractivity (Wildman–Crippen MR) is 72.3 cm³/mol. The Bertz CT molecular complexity index is 401. The number of rotatable bonds is 3. The first-order chi connectivity index (χ1) is 8.17. The van der Waals surface area contributed by atoms with Gasteiger partial charge in [0.1, 0.15) is 0 Å². The molecule has 1 saturated heterocycles. The molecule has 0 amide bonds. The molecule has 1 aromatic heterocycles. The molecule has 94 valence electrons. The van der Waals surface area contributed by atoms with Gasteiger partial charge in [0.15, 0.2) is 0 Å². The molecule has 1 unspecified atom stereocenters. The van der Waals surface area contributed by atoms with Crippen LogP contribution in [0.2, 0.25) is 0 Å². The number of aromatic nitrogens is 1. The molecule has 2 rings (SSSR count). The molecule has 0 saturated carbocycles. The van der Waals surface area contributed by atoms with Gasteiger partial charge in [-0.1, -0.05) is 6.92 Å². The van der Waals surface area contributed by atoms with Crippen molar-refractivity contribution in [3.05, 3.63) is 23.0 Å². The van der Waals surface area contributed by atoms with Gasteiger partial charge in [-0.05, 0) is 39.2 Å². The van der Waals surface area contributed by atoms with Crippen LogP contribution in [0.25, 0.3) is 0 Å². The van der Waals surface area contributed by atoms with Crippen LogP contribution in [0.15, 0.2) is 6.07 Å². The highest BCUT2D eigenvalue weighted by atomic mass is 15.2. The normalized spacial score (nSPS) is 20.0. The monoisotopic (exact) mass is 233 g/mol. The molecule has 0 bridgehead atoms. The number of hydrogen-bond donors (Lipinski definition) is 1. The van der Waals surface area contributed by atoms with Crippen LogP contribution in [0.1, 0.15) is 43.1 Å². The summed E-state index contributed by atoms with van der Waals surface area (Å²) >= 11 is 0. The summed E-state index contributed by atoms with van der Waals surface area (Å²) in [7, 11) is 0. The molecule has 3 nitrogen and oxygen atoms in total. The van der Waals surface area contributed by atoms with Crippen LogP contribution in [0.4, 0.5) is 5.69 Å². The van der Waals surface area contributed by atoms with Crippen LogP contribution in [0.5, 0.6) is 0 Å². The summed E-state index contributed by atoms with van der Waals surface area (Å²) in [5, 5.41) is 0. The molecule has 2 heterocycles. The molecule has 1 aliphatic rings. The van der Waals surface area contributed by atoms with Crippen LogP contribution >= 0.6 is 0 Å². The fraction of sp³-hybridized carbons (Fsp3) is 0.643. The first kappa shape index (κ1) is 12.4. The highest BCUT2D eigenvalue weighted by Gasteiger charge is 2.25. The van der Waals surface area contributed by atoms with E-state index in [1.807, 2.05) is 0 Å². The largest absolute Gasteiger partial charge is 0.368 e. The van der Waals surface area contributed by atoms with Gasteiger partial charge in [-0.15, -0.1) is 0 Å². The SMILES string of the molecule is CCC1CCCN1c1cc(C)nc(C)c1CN. The summed E-state index contributed by atoms with van der Waals surface area (Å²) < 4.78 is 0. The van der Waals surface area contributed by atoms with Gasteiger partial charge < -0.3 is 10.6 Å². The summed E-state index contributed by atoms with van der Waals surface area (Å²) in [6.07, 6.45) is 3.81. The zero-order chi connectivity index (χ0) is 12.4. The number of hydrogen-bond acceptors (Lipinski definition) is 3. The Morgan fingerprint density at radius 2 is 2.24 bits per heavy atom. The lowest BCUT2D eigenvalue weighted by Gasteiger charge is -2.29. The van der Waals surface area contributed by atoms with Gasteiger partial charge in [0.25, 0.3) is 0 Å². The van der Waals surface area contributed by atoms with Crippen LogP contribution < -0.4 is 10.6 Å². The first-order valence-corrected chi connectivity index (χ1v) is 6.61. The van der Waals surface area contributed by atoms with E-state index in [-0.39, 0.29) is 0 Å². The van der Waals surface area contributed by atoms with Gasteiger partial charge in [0.05, 0.1) is 0 Å². The van der Waals surface area contributed by atoms with E-state index < -0.39 is 0 Å². The van der Waals surface area contributed by atoms with E-state index >= 15 is 0 Å². The Morgan fingerprint density at radius 1 is 1.47 bits per heavy atom. The predicted octanol–water partition coefficient (Wildman–Crippen LogP) is 2.54. The molecule has 0 aromatic carbocycles. The number of aryl methyl sites for hydroxylation is 2. The molecule has 0 spiro atoms. The second kappa shape index (κ2) is 5.05. The minimum atomic E-state index is 0.585. The lowest BCUT2D eigenvalue weighted by molar-refractivity contribution is 0.642. The van der Waals surface area contributed by atoms with E-state index in [4.69, 9.17) is 5.73 Å². The molecule has 17 heavy (non-hydrogen) atoms. The van der Waals surface area contributed by atoms with Crippen molar-refractivity contribution in [2.45, 2.75) is 52.6 Å². The van der Waals surface area contributed by atoms with Crippen LogP contribution in [-0.2, 0) is 6.54 Å². The molecule has 2 N–H and O–H groups in total. The van der Waals surface area contributed by atoms with Crippen molar-refractivity contribution in [3.8, 4) is 0 Å². The molecular formula is C14H23N3. The quantitative estimate of drug-likeness (QED) is 0.872. The average molecular weight is 233 g/mol. The third-order valence-electron chi connectivity index (χ3n) is 3.80. The number of nitrogens with zero attached hydrogens (tertiary/aromatic N) is 2. The van der Waals surface area contributed by atoms with Crippen LogP contribution in [0.3, 0.4) is 0 Å². The summed E-state index contributed by atoms with van der Waals surface area (Å²) in [5.74, 6) is 0. The standard InChI is InChI=1S/C14H23N3/c1-4-12-6-5-7-17(12)14-8-10(2)16-11(3)13(14)9-15/h8,12H,4-7,9,15H2,1-3H3. The Hall–Kier alpha value is -1.09. The number of pyridine rings is 1. The minimum absolute atomic E-state index is 0.585. The van der Waals surface area contributed by atoms with Crippen molar-refractivity contribution in [2.24, 2.45) is 5.73 Å². The van der Waals surface area contributed by atoms with E-state index in [1.165, 1.54) is 30.5 Å².